The van der Waals surface area contributed by atoms with E-state index in [0.717, 1.165) is 18.2 Å². The summed E-state index contributed by atoms with van der Waals surface area (Å²) >= 11 is 5.98. The second kappa shape index (κ2) is 6.55. The number of benzene rings is 1. The van der Waals surface area contributed by atoms with E-state index < -0.39 is 0 Å². The molecule has 18 heavy (non-hydrogen) atoms. The number of hydrogen-bond acceptors (Lipinski definition) is 2. The van der Waals surface area contributed by atoms with Crippen molar-refractivity contribution in [1.82, 2.24) is 5.32 Å². The molecule has 1 fully saturated rings. The first-order valence-electron chi connectivity index (χ1n) is 6.77. The molecule has 2 nitrogen and oxygen atoms in total. The van der Waals surface area contributed by atoms with Crippen molar-refractivity contribution in [1.29, 1.82) is 0 Å². The molecule has 0 aliphatic heterocycles. The molecule has 0 saturated heterocycles. The minimum Gasteiger partial charge on any atom is -0.383 e. The molecule has 1 N–H and O–H groups in total. The molecular formula is C15H22ClNO. The Morgan fingerprint density at radius 1 is 1.17 bits per heavy atom. The Morgan fingerprint density at radius 3 is 2.44 bits per heavy atom. The Kier molecular flexibility index (Phi) is 5.04. The van der Waals surface area contributed by atoms with Crippen molar-refractivity contribution >= 4 is 11.6 Å². The zero-order chi connectivity index (χ0) is 12.8. The molecule has 0 spiro atoms. The van der Waals surface area contributed by atoms with E-state index in [2.05, 4.69) is 17.4 Å². The van der Waals surface area contributed by atoms with Crippen LogP contribution in [0, 0.1) is 0 Å². The van der Waals surface area contributed by atoms with Crippen molar-refractivity contribution in [3.05, 3.63) is 34.9 Å². The lowest BCUT2D eigenvalue weighted by molar-refractivity contribution is 0.166. The van der Waals surface area contributed by atoms with Crippen molar-refractivity contribution < 1.29 is 4.74 Å². The molecular weight excluding hydrogens is 246 g/mol. The molecule has 1 aromatic carbocycles. The molecule has 1 aromatic rings. The minimum atomic E-state index is 0.126. The zero-order valence-electron chi connectivity index (χ0n) is 11.0. The van der Waals surface area contributed by atoms with Gasteiger partial charge < -0.3 is 10.1 Å². The van der Waals surface area contributed by atoms with E-state index in [4.69, 9.17) is 16.3 Å². The number of nitrogens with one attached hydrogen (secondary N) is 1. The Balaban J connectivity index is 2.15. The minimum absolute atomic E-state index is 0.126. The van der Waals surface area contributed by atoms with Crippen LogP contribution >= 0.6 is 11.6 Å². The first kappa shape index (κ1) is 13.9. The maximum atomic E-state index is 5.98. The van der Waals surface area contributed by atoms with E-state index in [1.54, 1.807) is 7.11 Å². The lowest BCUT2D eigenvalue weighted by Gasteiger charge is -2.39. The van der Waals surface area contributed by atoms with Crippen molar-refractivity contribution in [3.8, 4) is 0 Å². The van der Waals surface area contributed by atoms with Crippen molar-refractivity contribution in [2.75, 3.05) is 20.3 Å². The predicted molar refractivity (Wildman–Crippen MR) is 76.1 cm³/mol. The fourth-order valence-electron chi connectivity index (χ4n) is 2.88. The summed E-state index contributed by atoms with van der Waals surface area (Å²) in [4.78, 5) is 0. The van der Waals surface area contributed by atoms with Gasteiger partial charge in [0.15, 0.2) is 0 Å². The molecule has 0 radical (unpaired) electrons. The van der Waals surface area contributed by atoms with Gasteiger partial charge in [-0.15, -0.1) is 0 Å². The summed E-state index contributed by atoms with van der Waals surface area (Å²) in [6, 6.07) is 8.30. The highest BCUT2D eigenvalue weighted by atomic mass is 35.5. The van der Waals surface area contributed by atoms with E-state index in [-0.39, 0.29) is 5.54 Å². The van der Waals surface area contributed by atoms with Gasteiger partial charge in [-0.2, -0.15) is 0 Å². The Labute approximate surface area is 115 Å². The molecule has 0 bridgehead atoms. The van der Waals surface area contributed by atoms with Crippen molar-refractivity contribution in [2.24, 2.45) is 0 Å². The highest BCUT2D eigenvalue weighted by Crippen LogP contribution is 2.37. The average Bonchev–Trinajstić information content (AvgIpc) is 2.41. The largest absolute Gasteiger partial charge is 0.383 e. The molecule has 0 aromatic heterocycles. The molecule has 0 atom stereocenters. The van der Waals surface area contributed by atoms with Gasteiger partial charge in [0.05, 0.1) is 6.61 Å². The summed E-state index contributed by atoms with van der Waals surface area (Å²) in [6.45, 7) is 1.66. The quantitative estimate of drug-likeness (QED) is 0.821. The van der Waals surface area contributed by atoms with Gasteiger partial charge in [0.25, 0.3) is 0 Å². The summed E-state index contributed by atoms with van der Waals surface area (Å²) < 4.78 is 5.15. The van der Waals surface area contributed by atoms with E-state index in [1.165, 1.54) is 37.7 Å². The molecule has 0 unspecified atom stereocenters. The lowest BCUT2D eigenvalue weighted by atomic mass is 9.76. The second-order valence-corrected chi connectivity index (χ2v) is 5.51. The molecule has 1 saturated carbocycles. The van der Waals surface area contributed by atoms with Gasteiger partial charge in [-0.05, 0) is 30.5 Å². The number of halogens is 1. The maximum absolute atomic E-state index is 5.98. The van der Waals surface area contributed by atoms with Crippen LogP contribution in [0.2, 0.25) is 5.02 Å². The fraction of sp³-hybridized carbons (Fsp3) is 0.600. The van der Waals surface area contributed by atoms with Gasteiger partial charge in [0, 0.05) is 24.2 Å². The van der Waals surface area contributed by atoms with E-state index in [1.807, 2.05) is 12.1 Å². The molecule has 1 aliphatic rings. The van der Waals surface area contributed by atoms with Crippen molar-refractivity contribution in [3.63, 3.8) is 0 Å². The number of rotatable bonds is 5. The molecule has 0 heterocycles. The number of methoxy groups -OCH3 is 1. The van der Waals surface area contributed by atoms with E-state index >= 15 is 0 Å². The number of hydrogen-bond donors (Lipinski definition) is 1. The zero-order valence-corrected chi connectivity index (χ0v) is 11.8. The first-order valence-corrected chi connectivity index (χ1v) is 7.15. The van der Waals surface area contributed by atoms with Gasteiger partial charge in [0.1, 0.15) is 0 Å². The lowest BCUT2D eigenvalue weighted by Crippen LogP contribution is -2.45. The van der Waals surface area contributed by atoms with Crippen LogP contribution in [0.25, 0.3) is 0 Å². The molecule has 100 valence electrons. The SMILES string of the molecule is COCCNC1(c2ccc(Cl)cc2)CCCCC1. The highest BCUT2D eigenvalue weighted by Gasteiger charge is 2.32. The Bertz CT molecular complexity index is 357. The summed E-state index contributed by atoms with van der Waals surface area (Å²) in [5.41, 5.74) is 1.49. The van der Waals surface area contributed by atoms with Crippen LogP contribution in [0.4, 0.5) is 0 Å². The summed E-state index contributed by atoms with van der Waals surface area (Å²) in [5, 5.41) is 4.51. The van der Waals surface area contributed by atoms with Crippen LogP contribution < -0.4 is 5.32 Å². The molecule has 0 amide bonds. The molecule has 2 rings (SSSR count). The Morgan fingerprint density at radius 2 is 1.83 bits per heavy atom. The van der Waals surface area contributed by atoms with Crippen molar-refractivity contribution in [2.45, 2.75) is 37.6 Å². The van der Waals surface area contributed by atoms with Crippen LogP contribution in [0.1, 0.15) is 37.7 Å². The third-order valence-electron chi connectivity index (χ3n) is 3.87. The standard InChI is InChI=1S/C15H22ClNO/c1-18-12-11-17-15(9-3-2-4-10-15)13-5-7-14(16)8-6-13/h5-8,17H,2-4,9-12H2,1H3. The van der Waals surface area contributed by atoms with E-state index in [0.29, 0.717) is 0 Å². The third-order valence-corrected chi connectivity index (χ3v) is 4.13. The smallest absolute Gasteiger partial charge is 0.0587 e. The predicted octanol–water partition coefficient (Wildman–Crippen LogP) is 3.74. The normalized spacial score (nSPS) is 18.8. The van der Waals surface area contributed by atoms with Crippen LogP contribution in [0.15, 0.2) is 24.3 Å². The van der Waals surface area contributed by atoms with Gasteiger partial charge in [-0.25, -0.2) is 0 Å². The average molecular weight is 268 g/mol. The fourth-order valence-corrected chi connectivity index (χ4v) is 3.01. The van der Waals surface area contributed by atoms with Gasteiger partial charge in [-0.1, -0.05) is 43.0 Å². The van der Waals surface area contributed by atoms with E-state index in [9.17, 15) is 0 Å². The van der Waals surface area contributed by atoms with Crippen LogP contribution in [0.5, 0.6) is 0 Å². The number of ether oxygens (including phenoxy) is 1. The highest BCUT2D eigenvalue weighted by molar-refractivity contribution is 6.30. The molecule has 3 heteroatoms. The van der Waals surface area contributed by atoms with Crippen LogP contribution in [0.3, 0.4) is 0 Å². The topological polar surface area (TPSA) is 21.3 Å². The van der Waals surface area contributed by atoms with Crippen LogP contribution in [-0.2, 0) is 10.3 Å². The van der Waals surface area contributed by atoms with Gasteiger partial charge in [-0.3, -0.25) is 0 Å². The van der Waals surface area contributed by atoms with Gasteiger partial charge in [0.2, 0.25) is 0 Å². The first-order chi connectivity index (χ1) is 8.77. The Hall–Kier alpha value is -0.570. The summed E-state index contributed by atoms with van der Waals surface area (Å²) in [5.74, 6) is 0. The maximum Gasteiger partial charge on any atom is 0.0587 e. The van der Waals surface area contributed by atoms with Crippen LogP contribution in [-0.4, -0.2) is 20.3 Å². The monoisotopic (exact) mass is 267 g/mol. The molecule has 1 aliphatic carbocycles. The third kappa shape index (κ3) is 3.25. The van der Waals surface area contributed by atoms with Gasteiger partial charge >= 0.3 is 0 Å². The second-order valence-electron chi connectivity index (χ2n) is 5.07. The summed E-state index contributed by atoms with van der Waals surface area (Å²) in [7, 11) is 1.75. The summed E-state index contributed by atoms with van der Waals surface area (Å²) in [6.07, 6.45) is 6.35.